The van der Waals surface area contributed by atoms with E-state index in [0.29, 0.717) is 46.8 Å². The molecule has 0 fully saturated rings. The molecule has 4 nitrogen and oxygen atoms in total. The Balaban J connectivity index is 2.05. The molecule has 0 aliphatic heterocycles. The Morgan fingerprint density at radius 2 is 0.688 bits per heavy atom. The maximum Gasteiger partial charge on any atom is 0.647 e. The van der Waals surface area contributed by atoms with Crippen molar-refractivity contribution in [1.82, 2.24) is 0 Å². The Morgan fingerprint density at radius 1 is 0.500 bits per heavy atom. The molecule has 0 heterocycles. The standard InChI is InChI=1S/C21H15Cl6O4P/c1-10-16(22)4-13(5-17(10)23)29-32(28,30-14-6-18(24)11(2)19(25)7-14)31-15-8-20(26)12(3)21(27)9-15/h4-9H,1-3H3. The van der Waals surface area contributed by atoms with Gasteiger partial charge >= 0.3 is 7.82 Å². The fourth-order valence-electron chi connectivity index (χ4n) is 2.47. The van der Waals surface area contributed by atoms with Gasteiger partial charge < -0.3 is 13.6 Å². The molecule has 0 spiro atoms. The Labute approximate surface area is 215 Å². The van der Waals surface area contributed by atoms with Gasteiger partial charge in [-0.05, 0) is 73.9 Å². The molecule has 0 aromatic heterocycles. The first-order chi connectivity index (χ1) is 14.9. The lowest BCUT2D eigenvalue weighted by atomic mass is 10.2. The van der Waals surface area contributed by atoms with Crippen LogP contribution in [0.3, 0.4) is 0 Å². The molecule has 3 rings (SSSR count). The maximum absolute atomic E-state index is 13.7. The second-order valence-electron chi connectivity index (χ2n) is 6.76. The summed E-state index contributed by atoms with van der Waals surface area (Å²) in [5.41, 5.74) is 1.89. The van der Waals surface area contributed by atoms with Gasteiger partial charge in [0.25, 0.3) is 0 Å². The van der Waals surface area contributed by atoms with Crippen LogP contribution < -0.4 is 13.6 Å². The lowest BCUT2D eigenvalue weighted by Gasteiger charge is -2.21. The summed E-state index contributed by atoms with van der Waals surface area (Å²) in [4.78, 5) is 0. The molecule has 0 unspecified atom stereocenters. The third-order valence-corrected chi connectivity index (χ3v) is 8.07. The summed E-state index contributed by atoms with van der Waals surface area (Å²) < 4.78 is 30.6. The predicted octanol–water partition coefficient (Wildman–Crippen LogP) is 10.2. The van der Waals surface area contributed by atoms with E-state index < -0.39 is 7.82 Å². The van der Waals surface area contributed by atoms with E-state index in [1.165, 1.54) is 36.4 Å². The van der Waals surface area contributed by atoms with Gasteiger partial charge in [-0.25, -0.2) is 0 Å². The number of halogens is 6. The molecule has 32 heavy (non-hydrogen) atoms. The van der Waals surface area contributed by atoms with E-state index in [1.807, 2.05) is 0 Å². The quantitative estimate of drug-likeness (QED) is 0.275. The number of phosphoric acid groups is 1. The lowest BCUT2D eigenvalue weighted by Crippen LogP contribution is -2.08. The highest BCUT2D eigenvalue weighted by atomic mass is 35.5. The fourth-order valence-corrected chi connectivity index (χ4v) is 5.07. The molecule has 0 N–H and O–H groups in total. The molecule has 0 aliphatic carbocycles. The topological polar surface area (TPSA) is 44.8 Å². The molecule has 0 atom stereocenters. The van der Waals surface area contributed by atoms with Gasteiger partial charge in [0.15, 0.2) is 0 Å². The van der Waals surface area contributed by atoms with Crippen molar-refractivity contribution in [3.05, 3.63) is 83.2 Å². The minimum absolute atomic E-state index is 0.0579. The average molecular weight is 575 g/mol. The minimum atomic E-state index is -4.40. The molecular weight excluding hydrogens is 560 g/mol. The van der Waals surface area contributed by atoms with E-state index in [4.69, 9.17) is 83.2 Å². The minimum Gasteiger partial charge on any atom is -0.386 e. The van der Waals surface area contributed by atoms with Gasteiger partial charge in [-0.15, -0.1) is 0 Å². The highest BCUT2D eigenvalue weighted by Crippen LogP contribution is 2.52. The Hall–Kier alpha value is -0.970. The van der Waals surface area contributed by atoms with Crippen molar-refractivity contribution in [3.63, 3.8) is 0 Å². The van der Waals surface area contributed by atoms with Crippen LogP contribution in [0.1, 0.15) is 16.7 Å². The molecular formula is C21H15Cl6O4P. The molecule has 0 bridgehead atoms. The monoisotopic (exact) mass is 572 g/mol. The zero-order valence-corrected chi connectivity index (χ0v) is 22.2. The Kier molecular flexibility index (Phi) is 8.10. The number of phosphoric ester groups is 1. The van der Waals surface area contributed by atoms with Crippen LogP contribution in [-0.2, 0) is 4.57 Å². The van der Waals surface area contributed by atoms with Crippen LogP contribution in [0.25, 0.3) is 0 Å². The molecule has 0 radical (unpaired) electrons. The van der Waals surface area contributed by atoms with Gasteiger partial charge in [-0.3, -0.25) is 0 Å². The first-order valence-corrected chi connectivity index (χ1v) is 12.7. The predicted molar refractivity (Wildman–Crippen MR) is 133 cm³/mol. The first kappa shape index (κ1) is 25.6. The molecule has 0 saturated carbocycles. The number of hydrogen-bond acceptors (Lipinski definition) is 4. The van der Waals surface area contributed by atoms with E-state index in [1.54, 1.807) is 20.8 Å². The molecule has 0 saturated heterocycles. The van der Waals surface area contributed by atoms with Crippen LogP contribution >= 0.6 is 77.4 Å². The van der Waals surface area contributed by atoms with Gasteiger partial charge in [0.05, 0.1) is 0 Å². The van der Waals surface area contributed by atoms with Crippen molar-refractivity contribution in [2.24, 2.45) is 0 Å². The summed E-state index contributed by atoms with van der Waals surface area (Å²) in [6.07, 6.45) is 0. The SMILES string of the molecule is Cc1c(Cl)cc(OP(=O)(Oc2cc(Cl)c(C)c(Cl)c2)Oc2cc(Cl)c(C)c(Cl)c2)cc1Cl. The van der Waals surface area contributed by atoms with Crippen LogP contribution in [0.2, 0.25) is 30.1 Å². The second kappa shape index (κ2) is 10.1. The molecule has 3 aromatic rings. The normalized spacial score (nSPS) is 11.4. The second-order valence-corrected chi connectivity index (χ2v) is 10.6. The third-order valence-electron chi connectivity index (χ3n) is 4.41. The number of hydrogen-bond donors (Lipinski definition) is 0. The van der Waals surface area contributed by atoms with Crippen molar-refractivity contribution < 1.29 is 18.1 Å². The van der Waals surface area contributed by atoms with Crippen molar-refractivity contribution >= 4 is 77.4 Å². The summed E-state index contributed by atoms with van der Waals surface area (Å²) in [5.74, 6) is 0.174. The zero-order chi connectivity index (χ0) is 23.8. The molecule has 0 aliphatic rings. The summed E-state index contributed by atoms with van der Waals surface area (Å²) in [5, 5.41) is 1.84. The van der Waals surface area contributed by atoms with Crippen LogP contribution in [0.4, 0.5) is 0 Å². The van der Waals surface area contributed by atoms with Crippen molar-refractivity contribution in [3.8, 4) is 17.2 Å². The van der Waals surface area contributed by atoms with Crippen molar-refractivity contribution in [2.45, 2.75) is 20.8 Å². The summed E-state index contributed by atoms with van der Waals surface area (Å²) in [6, 6.07) is 8.62. The van der Waals surface area contributed by atoms with E-state index >= 15 is 0 Å². The summed E-state index contributed by atoms with van der Waals surface area (Å²) in [6.45, 7) is 5.19. The van der Waals surface area contributed by atoms with E-state index in [2.05, 4.69) is 0 Å². The smallest absolute Gasteiger partial charge is 0.386 e. The van der Waals surface area contributed by atoms with Crippen LogP contribution in [0.5, 0.6) is 17.2 Å². The molecule has 3 aromatic carbocycles. The largest absolute Gasteiger partial charge is 0.647 e. The fraction of sp³-hybridized carbons (Fsp3) is 0.143. The zero-order valence-electron chi connectivity index (χ0n) is 16.8. The number of rotatable bonds is 6. The number of benzene rings is 3. The Morgan fingerprint density at radius 3 is 0.875 bits per heavy atom. The third kappa shape index (κ3) is 5.93. The van der Waals surface area contributed by atoms with Gasteiger partial charge in [0.1, 0.15) is 17.2 Å². The molecule has 0 amide bonds. The summed E-state index contributed by atoms with van der Waals surface area (Å²) >= 11 is 37.1. The van der Waals surface area contributed by atoms with Gasteiger partial charge in [0.2, 0.25) is 0 Å². The van der Waals surface area contributed by atoms with E-state index in [9.17, 15) is 4.57 Å². The lowest BCUT2D eigenvalue weighted by molar-refractivity contribution is 0.298. The van der Waals surface area contributed by atoms with Gasteiger partial charge in [-0.1, -0.05) is 69.6 Å². The van der Waals surface area contributed by atoms with Crippen LogP contribution in [0.15, 0.2) is 36.4 Å². The summed E-state index contributed by atoms with van der Waals surface area (Å²) in [7, 11) is -4.40. The average Bonchev–Trinajstić information content (AvgIpc) is 2.68. The van der Waals surface area contributed by atoms with E-state index in [0.717, 1.165) is 0 Å². The Bertz CT molecular complexity index is 1030. The van der Waals surface area contributed by atoms with E-state index in [-0.39, 0.29) is 17.2 Å². The van der Waals surface area contributed by atoms with Crippen molar-refractivity contribution in [1.29, 1.82) is 0 Å². The molecule has 170 valence electrons. The van der Waals surface area contributed by atoms with Crippen LogP contribution in [-0.4, -0.2) is 0 Å². The first-order valence-electron chi connectivity index (χ1n) is 8.94. The van der Waals surface area contributed by atoms with Crippen molar-refractivity contribution in [2.75, 3.05) is 0 Å². The highest BCUT2D eigenvalue weighted by molar-refractivity contribution is 7.49. The highest BCUT2D eigenvalue weighted by Gasteiger charge is 2.34. The van der Waals surface area contributed by atoms with Crippen LogP contribution in [0, 0.1) is 20.8 Å². The van der Waals surface area contributed by atoms with Gasteiger partial charge in [-0.2, -0.15) is 4.57 Å². The molecule has 11 heteroatoms. The maximum atomic E-state index is 13.7. The van der Waals surface area contributed by atoms with Gasteiger partial charge in [0, 0.05) is 30.1 Å².